The molecule has 0 radical (unpaired) electrons. The fourth-order valence-electron chi connectivity index (χ4n) is 4.93. The molecule has 2 rings (SSSR count). The Hall–Kier alpha value is -1.24. The molecule has 4 nitrogen and oxygen atoms in total. The smallest absolute Gasteiger partial charge is 0.211 e. The van der Waals surface area contributed by atoms with Gasteiger partial charge in [0.25, 0.3) is 0 Å². The van der Waals surface area contributed by atoms with Gasteiger partial charge in [0, 0.05) is 0 Å². The first kappa shape index (κ1) is 17.1. The van der Waals surface area contributed by atoms with Crippen LogP contribution in [0.1, 0.15) is 77.6 Å². The van der Waals surface area contributed by atoms with E-state index in [0.717, 1.165) is 32.1 Å². The summed E-state index contributed by atoms with van der Waals surface area (Å²) in [4.78, 5) is 30.8. The lowest BCUT2D eigenvalue weighted by atomic mass is 9.61. The predicted molar refractivity (Wildman–Crippen MR) is 86.2 cm³/mol. The van der Waals surface area contributed by atoms with E-state index in [4.69, 9.17) is 0 Å². The van der Waals surface area contributed by atoms with E-state index < -0.39 is 5.54 Å². The first-order valence-corrected chi connectivity index (χ1v) is 8.95. The van der Waals surface area contributed by atoms with E-state index in [1.165, 1.54) is 38.5 Å². The van der Waals surface area contributed by atoms with Crippen molar-refractivity contribution >= 4 is 12.2 Å². The number of isocyanates is 2. The van der Waals surface area contributed by atoms with Crippen LogP contribution in [0.25, 0.3) is 0 Å². The Balaban J connectivity index is 2.45. The van der Waals surface area contributed by atoms with Crippen LogP contribution < -0.4 is 0 Å². The Morgan fingerprint density at radius 2 is 1.41 bits per heavy atom. The van der Waals surface area contributed by atoms with Crippen LogP contribution in [0.15, 0.2) is 9.98 Å². The highest BCUT2D eigenvalue weighted by Crippen LogP contribution is 2.48. The van der Waals surface area contributed by atoms with Crippen molar-refractivity contribution < 1.29 is 9.59 Å². The monoisotopic (exact) mass is 304 g/mol. The second-order valence-corrected chi connectivity index (χ2v) is 6.90. The molecular weight excluding hydrogens is 276 g/mol. The number of nitrogens with zero attached hydrogens (tertiary/aromatic N) is 2. The molecule has 0 heterocycles. The van der Waals surface area contributed by atoms with Gasteiger partial charge in [0.05, 0.1) is 6.04 Å². The summed E-state index contributed by atoms with van der Waals surface area (Å²) in [5.41, 5.74) is -0.519. The molecule has 0 amide bonds. The zero-order valence-electron chi connectivity index (χ0n) is 13.7. The minimum absolute atomic E-state index is 0.224. The first-order chi connectivity index (χ1) is 10.8. The van der Waals surface area contributed by atoms with Gasteiger partial charge in [-0.05, 0) is 43.9 Å². The van der Waals surface area contributed by atoms with Gasteiger partial charge in [-0.2, -0.15) is 9.98 Å². The van der Waals surface area contributed by atoms with Gasteiger partial charge >= 0.3 is 0 Å². The van der Waals surface area contributed by atoms with Crippen LogP contribution in [0, 0.1) is 11.8 Å². The Morgan fingerprint density at radius 1 is 0.909 bits per heavy atom. The van der Waals surface area contributed by atoms with Crippen molar-refractivity contribution in [3.05, 3.63) is 0 Å². The second kappa shape index (κ2) is 8.41. The molecule has 0 N–H and O–H groups in total. The van der Waals surface area contributed by atoms with Gasteiger partial charge in [-0.3, -0.25) is 0 Å². The third-order valence-electron chi connectivity index (χ3n) is 5.89. The standard InChI is InChI=1S/C18H28N2O2/c1-2-17(19-13-21)18(20-14-22,15-9-5-3-6-10-15)16-11-7-4-8-12-16/h15-17H,2-12H2,1H3. The van der Waals surface area contributed by atoms with E-state index in [1.807, 2.05) is 13.0 Å². The molecule has 0 bridgehead atoms. The van der Waals surface area contributed by atoms with Crippen LogP contribution in [0.3, 0.4) is 0 Å². The minimum atomic E-state index is -0.519. The second-order valence-electron chi connectivity index (χ2n) is 6.90. The molecule has 2 aliphatic rings. The highest BCUT2D eigenvalue weighted by atomic mass is 16.1. The van der Waals surface area contributed by atoms with Crippen molar-refractivity contribution in [1.29, 1.82) is 0 Å². The average Bonchev–Trinajstić information content (AvgIpc) is 2.59. The maximum Gasteiger partial charge on any atom is 0.235 e. The van der Waals surface area contributed by atoms with Gasteiger partial charge in [-0.1, -0.05) is 45.4 Å². The predicted octanol–water partition coefficient (Wildman–Crippen LogP) is 4.34. The van der Waals surface area contributed by atoms with Crippen LogP contribution in [0.5, 0.6) is 0 Å². The van der Waals surface area contributed by atoms with E-state index in [9.17, 15) is 9.59 Å². The van der Waals surface area contributed by atoms with E-state index >= 15 is 0 Å². The quantitative estimate of drug-likeness (QED) is 0.541. The zero-order chi connectivity index (χ0) is 15.8. The molecule has 22 heavy (non-hydrogen) atoms. The number of rotatable bonds is 6. The lowest BCUT2D eigenvalue weighted by Gasteiger charge is -2.48. The number of carbonyl (C=O) groups excluding carboxylic acids is 2. The largest absolute Gasteiger partial charge is 0.235 e. The highest BCUT2D eigenvalue weighted by Gasteiger charge is 2.51. The molecular formula is C18H28N2O2. The van der Waals surface area contributed by atoms with Gasteiger partial charge in [0.15, 0.2) is 0 Å². The topological polar surface area (TPSA) is 58.9 Å². The summed E-state index contributed by atoms with van der Waals surface area (Å²) >= 11 is 0. The van der Waals surface area contributed by atoms with Crippen LogP contribution in [-0.2, 0) is 9.59 Å². The number of hydrogen-bond donors (Lipinski definition) is 0. The van der Waals surface area contributed by atoms with Crippen molar-refractivity contribution in [2.45, 2.75) is 89.1 Å². The third kappa shape index (κ3) is 3.39. The molecule has 1 unspecified atom stereocenters. The van der Waals surface area contributed by atoms with Crippen molar-refractivity contribution in [3.63, 3.8) is 0 Å². The normalized spacial score (nSPS) is 22.4. The van der Waals surface area contributed by atoms with Crippen molar-refractivity contribution in [1.82, 2.24) is 0 Å². The van der Waals surface area contributed by atoms with E-state index in [-0.39, 0.29) is 6.04 Å². The molecule has 0 aromatic heterocycles. The van der Waals surface area contributed by atoms with Gasteiger partial charge in [-0.25, -0.2) is 9.59 Å². The zero-order valence-corrected chi connectivity index (χ0v) is 13.7. The molecule has 0 spiro atoms. The SMILES string of the molecule is CCC(N=C=O)C(N=C=O)(C1CCCCC1)C1CCCCC1. The maximum absolute atomic E-state index is 11.3. The Labute approximate surface area is 133 Å². The molecule has 2 saturated carbocycles. The summed E-state index contributed by atoms with van der Waals surface area (Å²) in [6, 6.07) is -0.224. The van der Waals surface area contributed by atoms with Crippen molar-refractivity contribution in [2.75, 3.05) is 0 Å². The van der Waals surface area contributed by atoms with Crippen molar-refractivity contribution in [2.24, 2.45) is 21.8 Å². The summed E-state index contributed by atoms with van der Waals surface area (Å²) in [7, 11) is 0. The van der Waals surface area contributed by atoms with E-state index in [1.54, 1.807) is 6.08 Å². The summed E-state index contributed by atoms with van der Waals surface area (Å²) in [6.45, 7) is 2.03. The van der Waals surface area contributed by atoms with Gasteiger partial charge in [-0.15, -0.1) is 0 Å². The molecule has 0 aromatic rings. The van der Waals surface area contributed by atoms with Gasteiger partial charge in [0.2, 0.25) is 12.2 Å². The maximum atomic E-state index is 11.3. The number of aliphatic imine (C=N–C) groups is 2. The number of hydrogen-bond acceptors (Lipinski definition) is 4. The molecule has 4 heteroatoms. The Bertz CT molecular complexity index is 420. The first-order valence-electron chi connectivity index (χ1n) is 8.95. The molecule has 0 aromatic carbocycles. The van der Waals surface area contributed by atoms with Gasteiger partial charge < -0.3 is 0 Å². The van der Waals surface area contributed by atoms with E-state index in [2.05, 4.69) is 9.98 Å². The van der Waals surface area contributed by atoms with E-state index in [0.29, 0.717) is 11.8 Å². The summed E-state index contributed by atoms with van der Waals surface area (Å²) in [5.74, 6) is 0.709. The van der Waals surface area contributed by atoms with Gasteiger partial charge in [0.1, 0.15) is 5.54 Å². The fraction of sp³-hybridized carbons (Fsp3) is 0.889. The Morgan fingerprint density at radius 3 is 1.77 bits per heavy atom. The molecule has 2 fully saturated rings. The highest BCUT2D eigenvalue weighted by molar-refractivity contribution is 5.39. The summed E-state index contributed by atoms with van der Waals surface area (Å²) in [5, 5.41) is 0. The molecule has 2 aliphatic carbocycles. The Kier molecular flexibility index (Phi) is 6.54. The molecule has 0 aliphatic heterocycles. The van der Waals surface area contributed by atoms with Crippen LogP contribution in [0.2, 0.25) is 0 Å². The lowest BCUT2D eigenvalue weighted by molar-refractivity contribution is 0.0820. The summed E-state index contributed by atoms with van der Waals surface area (Å²) < 4.78 is 0. The van der Waals surface area contributed by atoms with Crippen LogP contribution >= 0.6 is 0 Å². The fourth-order valence-corrected chi connectivity index (χ4v) is 4.93. The van der Waals surface area contributed by atoms with Crippen LogP contribution in [-0.4, -0.2) is 23.7 Å². The lowest BCUT2D eigenvalue weighted by Crippen LogP contribution is -2.53. The average molecular weight is 304 g/mol. The third-order valence-corrected chi connectivity index (χ3v) is 5.89. The molecule has 122 valence electrons. The molecule has 0 saturated heterocycles. The summed E-state index contributed by atoms with van der Waals surface area (Å²) in [6.07, 6.45) is 16.0. The minimum Gasteiger partial charge on any atom is -0.211 e. The van der Waals surface area contributed by atoms with Crippen LogP contribution in [0.4, 0.5) is 0 Å². The van der Waals surface area contributed by atoms with Crippen molar-refractivity contribution in [3.8, 4) is 0 Å². The molecule has 1 atom stereocenters.